The minimum atomic E-state index is -1.74. The van der Waals surface area contributed by atoms with Gasteiger partial charge in [0.2, 0.25) is 11.6 Å². The SMILES string of the molecule is C/C(=N\Nc1c(F)c(F)nc(F)c1F)c1ccc[nH]1. The Bertz CT molecular complexity index is 596. The molecule has 2 heterocycles. The summed E-state index contributed by atoms with van der Waals surface area (Å²) in [4.78, 5) is 5.24. The number of hydrogen-bond acceptors (Lipinski definition) is 3. The van der Waals surface area contributed by atoms with Gasteiger partial charge in [-0.05, 0) is 19.1 Å². The highest BCUT2D eigenvalue weighted by molar-refractivity contribution is 5.97. The van der Waals surface area contributed by atoms with Crippen LogP contribution in [0.2, 0.25) is 0 Å². The molecule has 0 saturated carbocycles. The summed E-state index contributed by atoms with van der Waals surface area (Å²) in [7, 11) is 0. The molecule has 0 aromatic carbocycles. The maximum Gasteiger partial charge on any atom is 0.254 e. The highest BCUT2D eigenvalue weighted by atomic mass is 19.2. The molecule has 0 bridgehead atoms. The predicted molar refractivity (Wildman–Crippen MR) is 60.7 cm³/mol. The number of H-pyrrole nitrogens is 1. The van der Waals surface area contributed by atoms with Crippen molar-refractivity contribution >= 4 is 11.4 Å². The zero-order valence-corrected chi connectivity index (χ0v) is 9.64. The number of rotatable bonds is 3. The van der Waals surface area contributed by atoms with Crippen LogP contribution in [0.25, 0.3) is 0 Å². The Morgan fingerprint density at radius 3 is 2.37 bits per heavy atom. The molecule has 2 N–H and O–H groups in total. The summed E-state index contributed by atoms with van der Waals surface area (Å²) >= 11 is 0. The molecule has 0 fully saturated rings. The van der Waals surface area contributed by atoms with E-state index < -0.39 is 29.2 Å². The first-order chi connectivity index (χ1) is 9.00. The van der Waals surface area contributed by atoms with Gasteiger partial charge in [0.1, 0.15) is 5.69 Å². The minimum Gasteiger partial charge on any atom is -0.360 e. The van der Waals surface area contributed by atoms with E-state index in [1.54, 1.807) is 25.3 Å². The summed E-state index contributed by atoms with van der Waals surface area (Å²) in [6, 6.07) is 3.36. The van der Waals surface area contributed by atoms with Crippen LogP contribution in [0.3, 0.4) is 0 Å². The van der Waals surface area contributed by atoms with E-state index in [9.17, 15) is 17.6 Å². The average molecular weight is 272 g/mol. The molecule has 0 aliphatic rings. The number of hydrazone groups is 1. The van der Waals surface area contributed by atoms with Gasteiger partial charge in [0.05, 0.1) is 11.4 Å². The van der Waals surface area contributed by atoms with Gasteiger partial charge in [0, 0.05) is 6.20 Å². The monoisotopic (exact) mass is 272 g/mol. The highest BCUT2D eigenvalue weighted by Gasteiger charge is 2.20. The number of nitrogens with one attached hydrogen (secondary N) is 2. The number of pyridine rings is 1. The number of halogens is 4. The first-order valence-corrected chi connectivity index (χ1v) is 5.14. The summed E-state index contributed by atoms with van der Waals surface area (Å²) in [5, 5.41) is 3.64. The second-order valence-electron chi connectivity index (χ2n) is 3.59. The first-order valence-electron chi connectivity index (χ1n) is 5.14. The maximum absolute atomic E-state index is 13.3. The number of aromatic amines is 1. The van der Waals surface area contributed by atoms with Crippen LogP contribution < -0.4 is 5.43 Å². The Kier molecular flexibility index (Phi) is 3.50. The van der Waals surface area contributed by atoms with Crippen LogP contribution in [0.1, 0.15) is 12.6 Å². The van der Waals surface area contributed by atoms with Crippen molar-refractivity contribution in [1.29, 1.82) is 0 Å². The Morgan fingerprint density at radius 1 is 1.21 bits per heavy atom. The minimum absolute atomic E-state index is 0.349. The molecule has 0 atom stereocenters. The van der Waals surface area contributed by atoms with E-state index in [2.05, 4.69) is 15.1 Å². The largest absolute Gasteiger partial charge is 0.360 e. The fraction of sp³-hybridized carbons (Fsp3) is 0.0909. The van der Waals surface area contributed by atoms with Crippen LogP contribution in [0.5, 0.6) is 0 Å². The van der Waals surface area contributed by atoms with Gasteiger partial charge < -0.3 is 4.98 Å². The van der Waals surface area contributed by atoms with Crippen molar-refractivity contribution in [1.82, 2.24) is 9.97 Å². The molecule has 4 nitrogen and oxygen atoms in total. The molecule has 8 heteroatoms. The van der Waals surface area contributed by atoms with E-state index in [0.717, 1.165) is 0 Å². The summed E-state index contributed by atoms with van der Waals surface area (Å²) in [5.41, 5.74) is 1.85. The molecule has 100 valence electrons. The third-order valence-corrected chi connectivity index (χ3v) is 2.32. The Hall–Kier alpha value is -2.38. The molecule has 0 spiro atoms. The molecule has 0 saturated heterocycles. The van der Waals surface area contributed by atoms with Crippen molar-refractivity contribution in [2.45, 2.75) is 6.92 Å². The van der Waals surface area contributed by atoms with Crippen LogP contribution >= 0.6 is 0 Å². The normalized spacial score (nSPS) is 11.7. The zero-order chi connectivity index (χ0) is 14.0. The lowest BCUT2D eigenvalue weighted by Gasteiger charge is -2.06. The number of nitrogens with zero attached hydrogens (tertiary/aromatic N) is 2. The fourth-order valence-electron chi connectivity index (χ4n) is 1.34. The van der Waals surface area contributed by atoms with Gasteiger partial charge in [0.25, 0.3) is 11.9 Å². The van der Waals surface area contributed by atoms with Gasteiger partial charge in [-0.25, -0.2) is 0 Å². The Labute approximate surface area is 105 Å². The third kappa shape index (κ3) is 2.56. The summed E-state index contributed by atoms with van der Waals surface area (Å²) in [5.74, 6) is -6.76. The molecular weight excluding hydrogens is 264 g/mol. The lowest BCUT2D eigenvalue weighted by molar-refractivity contribution is 0.411. The van der Waals surface area contributed by atoms with E-state index in [-0.39, 0.29) is 0 Å². The molecule has 19 heavy (non-hydrogen) atoms. The Balaban J connectivity index is 2.32. The molecule has 2 rings (SSSR count). The topological polar surface area (TPSA) is 53.1 Å². The lowest BCUT2D eigenvalue weighted by Crippen LogP contribution is -2.07. The van der Waals surface area contributed by atoms with Gasteiger partial charge in [-0.15, -0.1) is 0 Å². The summed E-state index contributed by atoms with van der Waals surface area (Å²) in [6.07, 6.45) is 1.63. The number of hydrogen-bond donors (Lipinski definition) is 2. The van der Waals surface area contributed by atoms with Crippen molar-refractivity contribution in [2.24, 2.45) is 5.10 Å². The van der Waals surface area contributed by atoms with E-state index in [1.165, 1.54) is 0 Å². The van der Waals surface area contributed by atoms with Gasteiger partial charge in [-0.3, -0.25) is 5.43 Å². The Morgan fingerprint density at radius 2 is 1.84 bits per heavy atom. The fourth-order valence-corrected chi connectivity index (χ4v) is 1.34. The zero-order valence-electron chi connectivity index (χ0n) is 9.64. The average Bonchev–Trinajstić information content (AvgIpc) is 2.90. The van der Waals surface area contributed by atoms with E-state index in [0.29, 0.717) is 11.4 Å². The first kappa shape index (κ1) is 13.1. The van der Waals surface area contributed by atoms with Crippen molar-refractivity contribution in [3.05, 3.63) is 47.6 Å². The summed E-state index contributed by atoms with van der Waals surface area (Å²) < 4.78 is 52.2. The van der Waals surface area contributed by atoms with Crippen LogP contribution in [0, 0.1) is 23.5 Å². The van der Waals surface area contributed by atoms with Crippen LogP contribution in [0.15, 0.2) is 23.4 Å². The van der Waals surface area contributed by atoms with Crippen molar-refractivity contribution < 1.29 is 17.6 Å². The molecule has 2 aromatic heterocycles. The van der Waals surface area contributed by atoms with Gasteiger partial charge in [-0.2, -0.15) is 27.6 Å². The van der Waals surface area contributed by atoms with E-state index >= 15 is 0 Å². The standard InChI is InChI=1S/C11H8F4N4/c1-5(6-3-2-4-16-6)18-19-9-7(12)10(14)17-11(15)8(9)13/h2-4,16H,1H3,(H,17,19)/b18-5+. The van der Waals surface area contributed by atoms with E-state index in [4.69, 9.17) is 0 Å². The van der Waals surface area contributed by atoms with Crippen molar-refractivity contribution in [3.8, 4) is 0 Å². The van der Waals surface area contributed by atoms with Crippen LogP contribution in [-0.2, 0) is 0 Å². The van der Waals surface area contributed by atoms with Crippen LogP contribution in [-0.4, -0.2) is 15.7 Å². The lowest BCUT2D eigenvalue weighted by atomic mass is 10.3. The van der Waals surface area contributed by atoms with Crippen LogP contribution in [0.4, 0.5) is 23.2 Å². The van der Waals surface area contributed by atoms with E-state index in [1.807, 2.05) is 5.43 Å². The molecular formula is C11H8F4N4. The second kappa shape index (κ2) is 5.09. The molecule has 0 amide bonds. The third-order valence-electron chi connectivity index (χ3n) is 2.32. The molecule has 0 radical (unpaired) electrons. The van der Waals surface area contributed by atoms with Crippen molar-refractivity contribution in [3.63, 3.8) is 0 Å². The molecule has 2 aromatic rings. The molecule has 0 unspecified atom stereocenters. The highest BCUT2D eigenvalue weighted by Crippen LogP contribution is 2.22. The molecule has 0 aliphatic carbocycles. The molecule has 0 aliphatic heterocycles. The van der Waals surface area contributed by atoms with Gasteiger partial charge >= 0.3 is 0 Å². The smallest absolute Gasteiger partial charge is 0.254 e. The quantitative estimate of drug-likeness (QED) is 0.390. The second-order valence-corrected chi connectivity index (χ2v) is 3.59. The number of aromatic nitrogens is 2. The van der Waals surface area contributed by atoms with Crippen molar-refractivity contribution in [2.75, 3.05) is 5.43 Å². The van der Waals surface area contributed by atoms with Gasteiger partial charge in [-0.1, -0.05) is 0 Å². The summed E-state index contributed by atoms with van der Waals surface area (Å²) in [6.45, 7) is 1.54. The predicted octanol–water partition coefficient (Wildman–Crippen LogP) is 2.80. The maximum atomic E-state index is 13.3. The number of anilines is 1. The van der Waals surface area contributed by atoms with Gasteiger partial charge in [0.15, 0.2) is 0 Å².